The molecule has 3 nitrogen and oxygen atoms in total. The molecule has 0 N–H and O–H groups in total. The lowest BCUT2D eigenvalue weighted by Gasteiger charge is -2.16. The number of esters is 1. The number of ether oxygens (including phenoxy) is 1. The van der Waals surface area contributed by atoms with Crippen LogP contribution < -0.4 is 0 Å². The van der Waals surface area contributed by atoms with Crippen LogP contribution in [0.1, 0.15) is 50.9 Å². The molecule has 0 heterocycles. The molecule has 0 aliphatic carbocycles. The highest BCUT2D eigenvalue weighted by atomic mass is 32.2. The Kier molecular flexibility index (Phi) is 6.79. The van der Waals surface area contributed by atoms with Crippen molar-refractivity contribution in [2.45, 2.75) is 56.8 Å². The van der Waals surface area contributed by atoms with Gasteiger partial charge in [0, 0.05) is 16.9 Å². The lowest BCUT2D eigenvalue weighted by molar-refractivity contribution is -0.146. The van der Waals surface area contributed by atoms with Gasteiger partial charge in [-0.2, -0.15) is 0 Å². The molecule has 1 aromatic rings. The van der Waals surface area contributed by atoms with E-state index in [1.807, 2.05) is 52.0 Å². The molecule has 0 aliphatic rings. The maximum atomic E-state index is 11.9. The van der Waals surface area contributed by atoms with Crippen LogP contribution in [-0.2, 0) is 9.53 Å². The summed E-state index contributed by atoms with van der Waals surface area (Å²) in [4.78, 5) is 24.4. The fraction of sp³-hybridized carbons (Fsp3) is 0.500. The highest BCUT2D eigenvalue weighted by molar-refractivity contribution is 8.00. The van der Waals surface area contributed by atoms with Gasteiger partial charge in [0.1, 0.15) is 5.25 Å². The second-order valence-corrected chi connectivity index (χ2v) is 6.08. The first-order valence-electron chi connectivity index (χ1n) is 6.98. The average Bonchev–Trinajstić information content (AvgIpc) is 2.43. The number of hydrogen-bond donors (Lipinski definition) is 0. The van der Waals surface area contributed by atoms with Crippen LogP contribution in [0.3, 0.4) is 0 Å². The van der Waals surface area contributed by atoms with Crippen LogP contribution in [0.5, 0.6) is 0 Å². The summed E-state index contributed by atoms with van der Waals surface area (Å²) in [5, 5.41) is -0.204. The van der Waals surface area contributed by atoms with Crippen molar-refractivity contribution in [1.82, 2.24) is 0 Å². The monoisotopic (exact) mass is 294 g/mol. The Hall–Kier alpha value is -1.29. The molecule has 20 heavy (non-hydrogen) atoms. The summed E-state index contributed by atoms with van der Waals surface area (Å²) < 4.78 is 5.24. The molecule has 0 fully saturated rings. The third-order valence-corrected chi connectivity index (χ3v) is 4.12. The van der Waals surface area contributed by atoms with E-state index >= 15 is 0 Å². The number of rotatable bonds is 7. The van der Waals surface area contributed by atoms with E-state index in [0.717, 1.165) is 10.5 Å². The van der Waals surface area contributed by atoms with Gasteiger partial charge in [0.25, 0.3) is 0 Å². The summed E-state index contributed by atoms with van der Waals surface area (Å²) >= 11 is 1.48. The van der Waals surface area contributed by atoms with Gasteiger partial charge in [0.2, 0.25) is 0 Å². The number of carbonyl (C=O) groups is 2. The molecule has 4 heteroatoms. The summed E-state index contributed by atoms with van der Waals surface area (Å²) in [6, 6.07) is 7.40. The van der Waals surface area contributed by atoms with Crippen molar-refractivity contribution in [1.29, 1.82) is 0 Å². The van der Waals surface area contributed by atoms with Crippen molar-refractivity contribution >= 4 is 23.5 Å². The van der Waals surface area contributed by atoms with Gasteiger partial charge in [0.05, 0.1) is 6.10 Å². The molecule has 0 spiro atoms. The Morgan fingerprint density at radius 1 is 1.15 bits per heavy atom. The molecule has 0 aromatic heterocycles. The van der Waals surface area contributed by atoms with Crippen LogP contribution in [0.25, 0.3) is 0 Å². The number of Topliss-reactive ketones (excluding diaryl/α,β-unsaturated/α-hetero) is 1. The quantitative estimate of drug-likeness (QED) is 0.431. The lowest BCUT2D eigenvalue weighted by atomic mass is 10.1. The summed E-state index contributed by atoms with van der Waals surface area (Å²) in [5.41, 5.74) is 0.717. The molecule has 110 valence electrons. The van der Waals surface area contributed by atoms with E-state index in [0.29, 0.717) is 12.8 Å². The van der Waals surface area contributed by atoms with Crippen molar-refractivity contribution in [2.75, 3.05) is 0 Å². The summed E-state index contributed by atoms with van der Waals surface area (Å²) in [6.07, 6.45) is 1.12. The minimum Gasteiger partial charge on any atom is -0.462 e. The maximum absolute atomic E-state index is 11.9. The van der Waals surface area contributed by atoms with Gasteiger partial charge in [-0.15, -0.1) is 11.8 Å². The highest BCUT2D eigenvalue weighted by Crippen LogP contribution is 2.27. The van der Waals surface area contributed by atoms with Gasteiger partial charge in [-0.3, -0.25) is 9.59 Å². The van der Waals surface area contributed by atoms with Crippen LogP contribution in [0.2, 0.25) is 0 Å². The van der Waals surface area contributed by atoms with E-state index in [4.69, 9.17) is 4.74 Å². The fourth-order valence-corrected chi connectivity index (χ4v) is 2.63. The van der Waals surface area contributed by atoms with E-state index in [1.165, 1.54) is 11.8 Å². The van der Waals surface area contributed by atoms with Crippen LogP contribution in [0.15, 0.2) is 29.2 Å². The van der Waals surface area contributed by atoms with E-state index in [9.17, 15) is 9.59 Å². The minimum absolute atomic E-state index is 0.0956. The molecule has 0 saturated heterocycles. The largest absolute Gasteiger partial charge is 0.462 e. The van der Waals surface area contributed by atoms with Crippen molar-refractivity contribution in [3.05, 3.63) is 29.8 Å². The van der Waals surface area contributed by atoms with Gasteiger partial charge in [-0.25, -0.2) is 0 Å². The molecule has 0 aliphatic heterocycles. The molecule has 0 amide bonds. The average molecular weight is 294 g/mol. The zero-order chi connectivity index (χ0) is 15.1. The predicted octanol–water partition coefficient (Wildman–Crippen LogP) is 4.10. The standard InChI is InChI=1S/C16H22O3S/c1-5-14(17)12-7-9-13(10-8-12)20-15(6-2)16(18)19-11(3)4/h7-11,15H,5-6H2,1-4H3. The Labute approximate surface area is 125 Å². The topological polar surface area (TPSA) is 43.4 Å². The van der Waals surface area contributed by atoms with E-state index in [-0.39, 0.29) is 23.1 Å². The van der Waals surface area contributed by atoms with Crippen molar-refractivity contribution in [3.63, 3.8) is 0 Å². The Morgan fingerprint density at radius 2 is 1.75 bits per heavy atom. The molecule has 1 unspecified atom stereocenters. The number of ketones is 1. The number of hydrogen-bond acceptors (Lipinski definition) is 4. The Balaban J connectivity index is 2.70. The number of thioether (sulfide) groups is 1. The van der Waals surface area contributed by atoms with Crippen LogP contribution in [0.4, 0.5) is 0 Å². The second-order valence-electron chi connectivity index (χ2n) is 4.80. The third-order valence-electron chi connectivity index (χ3n) is 2.76. The highest BCUT2D eigenvalue weighted by Gasteiger charge is 2.20. The molecule has 0 radical (unpaired) electrons. The molecule has 0 bridgehead atoms. The second kappa shape index (κ2) is 8.10. The molecule has 1 aromatic carbocycles. The summed E-state index contributed by atoms with van der Waals surface area (Å²) in [7, 11) is 0. The minimum atomic E-state index is -0.204. The zero-order valence-electron chi connectivity index (χ0n) is 12.5. The number of benzene rings is 1. The first-order chi connectivity index (χ1) is 9.47. The predicted molar refractivity (Wildman–Crippen MR) is 82.2 cm³/mol. The molecular weight excluding hydrogens is 272 g/mol. The van der Waals surface area contributed by atoms with Crippen LogP contribution in [0, 0.1) is 0 Å². The van der Waals surface area contributed by atoms with Gasteiger partial charge in [0.15, 0.2) is 5.78 Å². The van der Waals surface area contributed by atoms with E-state index in [1.54, 1.807) is 0 Å². The van der Waals surface area contributed by atoms with Gasteiger partial charge < -0.3 is 4.74 Å². The van der Waals surface area contributed by atoms with E-state index < -0.39 is 0 Å². The fourth-order valence-electron chi connectivity index (χ4n) is 1.69. The van der Waals surface area contributed by atoms with Crippen LogP contribution >= 0.6 is 11.8 Å². The van der Waals surface area contributed by atoms with Gasteiger partial charge >= 0.3 is 5.97 Å². The normalized spacial score (nSPS) is 12.2. The Bertz CT molecular complexity index is 451. The summed E-state index contributed by atoms with van der Waals surface area (Å²) in [6.45, 7) is 7.51. The van der Waals surface area contributed by atoms with E-state index in [2.05, 4.69) is 0 Å². The van der Waals surface area contributed by atoms with Crippen LogP contribution in [-0.4, -0.2) is 23.1 Å². The molecule has 1 rings (SSSR count). The Morgan fingerprint density at radius 3 is 2.20 bits per heavy atom. The van der Waals surface area contributed by atoms with Crippen molar-refractivity contribution < 1.29 is 14.3 Å². The maximum Gasteiger partial charge on any atom is 0.319 e. The smallest absolute Gasteiger partial charge is 0.319 e. The molecular formula is C16H22O3S. The zero-order valence-corrected chi connectivity index (χ0v) is 13.3. The van der Waals surface area contributed by atoms with Gasteiger partial charge in [-0.05, 0) is 32.4 Å². The molecule has 0 saturated carbocycles. The number of carbonyl (C=O) groups excluding carboxylic acids is 2. The van der Waals surface area contributed by atoms with Crippen molar-refractivity contribution in [3.8, 4) is 0 Å². The van der Waals surface area contributed by atoms with Crippen molar-refractivity contribution in [2.24, 2.45) is 0 Å². The summed E-state index contributed by atoms with van der Waals surface area (Å²) in [5.74, 6) is -0.0472. The third kappa shape index (κ3) is 5.00. The lowest BCUT2D eigenvalue weighted by Crippen LogP contribution is -2.22. The first kappa shape index (κ1) is 16.8. The van der Waals surface area contributed by atoms with Gasteiger partial charge in [-0.1, -0.05) is 26.0 Å². The SMILES string of the molecule is CCC(=O)c1ccc(SC(CC)C(=O)OC(C)C)cc1. The first-order valence-corrected chi connectivity index (χ1v) is 7.86. The molecule has 1 atom stereocenters.